The second kappa shape index (κ2) is 8.90. The number of benzene rings is 2. The van der Waals surface area contributed by atoms with Crippen molar-refractivity contribution in [1.29, 1.82) is 0 Å². The smallest absolute Gasteiger partial charge is 0.239 e. The summed E-state index contributed by atoms with van der Waals surface area (Å²) in [6.45, 7) is 0.266. The molecule has 0 radical (unpaired) electrons. The number of pyridine rings is 1. The summed E-state index contributed by atoms with van der Waals surface area (Å²) >= 11 is 8.62. The number of nitrogens with zero attached hydrogens (tertiary/aromatic N) is 3. The molecule has 1 amide bonds. The minimum Gasteiger partial charge on any atom is -0.281 e. The van der Waals surface area contributed by atoms with Crippen LogP contribution in [0.2, 0.25) is 5.02 Å². The SMILES string of the molecule is O=C(CSc1ccc(Cl)cc1)N(Cc1ccccn1)c1nc2c(F)cccc2s1. The Morgan fingerprint density at radius 2 is 1.93 bits per heavy atom. The van der Waals surface area contributed by atoms with Gasteiger partial charge < -0.3 is 0 Å². The van der Waals surface area contributed by atoms with Gasteiger partial charge >= 0.3 is 0 Å². The molecular weight excluding hydrogens is 429 g/mol. The molecule has 2 aromatic heterocycles. The first-order valence-electron chi connectivity index (χ1n) is 8.74. The molecule has 0 saturated heterocycles. The summed E-state index contributed by atoms with van der Waals surface area (Å²) in [6, 6.07) is 17.7. The molecule has 29 heavy (non-hydrogen) atoms. The van der Waals surface area contributed by atoms with Crippen molar-refractivity contribution in [1.82, 2.24) is 9.97 Å². The van der Waals surface area contributed by atoms with E-state index >= 15 is 0 Å². The van der Waals surface area contributed by atoms with Gasteiger partial charge in [-0.3, -0.25) is 14.7 Å². The molecule has 146 valence electrons. The largest absolute Gasteiger partial charge is 0.281 e. The van der Waals surface area contributed by atoms with Crippen LogP contribution in [0.1, 0.15) is 5.69 Å². The standard InChI is InChI=1S/C21H15ClFN3OS2/c22-14-7-9-16(10-8-14)28-13-19(27)26(12-15-4-1-2-11-24-15)21-25-20-17(23)5-3-6-18(20)29-21/h1-11H,12-13H2. The molecule has 0 bridgehead atoms. The number of thioether (sulfide) groups is 1. The molecule has 0 spiro atoms. The molecule has 2 aromatic carbocycles. The zero-order valence-electron chi connectivity index (χ0n) is 15.1. The number of rotatable bonds is 6. The van der Waals surface area contributed by atoms with E-state index in [1.807, 2.05) is 30.3 Å². The molecule has 0 fully saturated rings. The summed E-state index contributed by atoms with van der Waals surface area (Å²) in [5.41, 5.74) is 1.01. The first kappa shape index (κ1) is 19.8. The molecule has 0 unspecified atom stereocenters. The van der Waals surface area contributed by atoms with Gasteiger partial charge in [-0.15, -0.1) is 11.8 Å². The highest BCUT2D eigenvalue weighted by Crippen LogP contribution is 2.32. The number of aromatic nitrogens is 2. The van der Waals surface area contributed by atoms with Crippen LogP contribution < -0.4 is 4.90 Å². The number of hydrogen-bond donors (Lipinski definition) is 0. The molecule has 4 nitrogen and oxygen atoms in total. The number of halogens is 2. The minimum atomic E-state index is -0.397. The van der Waals surface area contributed by atoms with Crippen molar-refractivity contribution < 1.29 is 9.18 Å². The Bertz CT molecular complexity index is 1140. The lowest BCUT2D eigenvalue weighted by molar-refractivity contribution is -0.116. The fraction of sp³-hybridized carbons (Fsp3) is 0.0952. The third-order valence-electron chi connectivity index (χ3n) is 4.11. The number of thiazole rings is 1. The first-order valence-corrected chi connectivity index (χ1v) is 10.9. The van der Waals surface area contributed by atoms with Crippen molar-refractivity contribution >= 4 is 56.0 Å². The van der Waals surface area contributed by atoms with E-state index in [1.54, 1.807) is 35.4 Å². The van der Waals surface area contributed by atoms with Gasteiger partial charge in [-0.1, -0.05) is 35.1 Å². The summed E-state index contributed by atoms with van der Waals surface area (Å²) in [6.07, 6.45) is 1.68. The molecule has 4 aromatic rings. The van der Waals surface area contributed by atoms with E-state index in [4.69, 9.17) is 11.6 Å². The highest BCUT2D eigenvalue weighted by Gasteiger charge is 2.21. The second-order valence-electron chi connectivity index (χ2n) is 6.13. The number of amides is 1. The summed E-state index contributed by atoms with van der Waals surface area (Å²) < 4.78 is 14.8. The maximum absolute atomic E-state index is 14.1. The molecule has 2 heterocycles. The van der Waals surface area contributed by atoms with E-state index < -0.39 is 5.82 Å². The van der Waals surface area contributed by atoms with Crippen LogP contribution in [0, 0.1) is 5.82 Å². The average molecular weight is 444 g/mol. The van der Waals surface area contributed by atoms with Gasteiger partial charge in [0.05, 0.1) is 22.7 Å². The molecule has 0 saturated carbocycles. The fourth-order valence-corrected chi connectivity index (χ4v) is 4.59. The Kier molecular flexibility index (Phi) is 6.08. The lowest BCUT2D eigenvalue weighted by Gasteiger charge is -2.19. The van der Waals surface area contributed by atoms with E-state index in [2.05, 4.69) is 9.97 Å². The molecule has 0 aliphatic rings. The lowest BCUT2D eigenvalue weighted by Crippen LogP contribution is -2.32. The molecule has 4 rings (SSSR count). The van der Waals surface area contributed by atoms with Crippen molar-refractivity contribution in [2.75, 3.05) is 10.7 Å². The maximum Gasteiger partial charge on any atom is 0.239 e. The van der Waals surface area contributed by atoms with E-state index in [9.17, 15) is 9.18 Å². The topological polar surface area (TPSA) is 46.1 Å². The maximum atomic E-state index is 14.1. The van der Waals surface area contributed by atoms with Gasteiger partial charge in [0.15, 0.2) is 5.13 Å². The Morgan fingerprint density at radius 3 is 2.66 bits per heavy atom. The molecular formula is C21H15ClFN3OS2. The number of fused-ring (bicyclic) bond motifs is 1. The van der Waals surface area contributed by atoms with Crippen LogP contribution in [-0.4, -0.2) is 21.6 Å². The normalized spacial score (nSPS) is 11.0. The lowest BCUT2D eigenvalue weighted by atomic mass is 10.3. The Hall–Kier alpha value is -2.48. The number of para-hydroxylation sites is 1. The molecule has 0 aliphatic carbocycles. The molecule has 0 aliphatic heterocycles. The monoisotopic (exact) mass is 443 g/mol. The average Bonchev–Trinajstić information content (AvgIpc) is 3.17. The van der Waals surface area contributed by atoms with Gasteiger partial charge in [0.25, 0.3) is 0 Å². The molecule has 8 heteroatoms. The predicted molar refractivity (Wildman–Crippen MR) is 117 cm³/mol. The Labute approximate surface area is 180 Å². The quantitative estimate of drug-likeness (QED) is 0.353. The third-order valence-corrected chi connectivity index (χ3v) is 6.40. The van der Waals surface area contributed by atoms with Crippen LogP contribution >= 0.6 is 34.7 Å². The van der Waals surface area contributed by atoms with Gasteiger partial charge in [0.2, 0.25) is 5.91 Å². The first-order chi connectivity index (χ1) is 14.1. The Morgan fingerprint density at radius 1 is 1.10 bits per heavy atom. The van der Waals surface area contributed by atoms with Crippen molar-refractivity contribution in [3.05, 3.63) is 83.4 Å². The van der Waals surface area contributed by atoms with Crippen molar-refractivity contribution in [2.45, 2.75) is 11.4 Å². The van der Waals surface area contributed by atoms with Crippen LogP contribution in [0.5, 0.6) is 0 Å². The summed E-state index contributed by atoms with van der Waals surface area (Å²) in [5, 5.41) is 1.10. The van der Waals surface area contributed by atoms with E-state index in [0.29, 0.717) is 14.9 Å². The zero-order valence-corrected chi connectivity index (χ0v) is 17.5. The van der Waals surface area contributed by atoms with E-state index in [-0.39, 0.29) is 23.7 Å². The van der Waals surface area contributed by atoms with Crippen LogP contribution in [0.3, 0.4) is 0 Å². The van der Waals surface area contributed by atoms with E-state index in [1.165, 1.54) is 29.2 Å². The number of hydrogen-bond acceptors (Lipinski definition) is 5. The molecule has 0 atom stereocenters. The number of carbonyl (C=O) groups excluding carboxylic acids is 1. The highest BCUT2D eigenvalue weighted by atomic mass is 35.5. The van der Waals surface area contributed by atoms with Crippen LogP contribution in [0.4, 0.5) is 9.52 Å². The van der Waals surface area contributed by atoms with Crippen LogP contribution in [0.25, 0.3) is 10.2 Å². The fourth-order valence-electron chi connectivity index (χ4n) is 2.69. The van der Waals surface area contributed by atoms with Gasteiger partial charge in [0.1, 0.15) is 11.3 Å². The van der Waals surface area contributed by atoms with Crippen molar-refractivity contribution in [3.63, 3.8) is 0 Å². The molecule has 0 N–H and O–H groups in total. The van der Waals surface area contributed by atoms with Gasteiger partial charge in [-0.2, -0.15) is 0 Å². The second-order valence-corrected chi connectivity index (χ2v) is 8.62. The number of anilines is 1. The van der Waals surface area contributed by atoms with Crippen LogP contribution in [0.15, 0.2) is 71.8 Å². The predicted octanol–water partition coefficient (Wildman–Crippen LogP) is 5.81. The minimum absolute atomic E-state index is 0.130. The van der Waals surface area contributed by atoms with Crippen LogP contribution in [-0.2, 0) is 11.3 Å². The summed E-state index contributed by atoms with van der Waals surface area (Å²) in [5.74, 6) is -0.312. The summed E-state index contributed by atoms with van der Waals surface area (Å²) in [4.78, 5) is 24.3. The Balaban J connectivity index is 1.60. The van der Waals surface area contributed by atoms with E-state index in [0.717, 1.165) is 10.6 Å². The van der Waals surface area contributed by atoms with Gasteiger partial charge in [-0.05, 0) is 48.5 Å². The number of carbonyl (C=O) groups is 1. The highest BCUT2D eigenvalue weighted by molar-refractivity contribution is 8.00. The summed E-state index contributed by atoms with van der Waals surface area (Å²) in [7, 11) is 0. The van der Waals surface area contributed by atoms with Gasteiger partial charge in [0, 0.05) is 16.1 Å². The van der Waals surface area contributed by atoms with Crippen molar-refractivity contribution in [2.24, 2.45) is 0 Å². The zero-order chi connectivity index (χ0) is 20.2. The van der Waals surface area contributed by atoms with Gasteiger partial charge in [-0.25, -0.2) is 9.37 Å². The third kappa shape index (κ3) is 4.75. The van der Waals surface area contributed by atoms with Crippen molar-refractivity contribution in [3.8, 4) is 0 Å².